The van der Waals surface area contributed by atoms with Crippen molar-refractivity contribution in [3.8, 4) is 0 Å². The highest BCUT2D eigenvalue weighted by Gasteiger charge is 2.41. The first-order chi connectivity index (χ1) is 6.31. The van der Waals surface area contributed by atoms with E-state index in [1.165, 1.54) is 32.2 Å². The van der Waals surface area contributed by atoms with Crippen LogP contribution >= 0.6 is 0 Å². The van der Waals surface area contributed by atoms with E-state index in [1.807, 2.05) is 0 Å². The lowest BCUT2D eigenvalue weighted by Crippen LogP contribution is -2.36. The van der Waals surface area contributed by atoms with Gasteiger partial charge in [-0.2, -0.15) is 0 Å². The maximum atomic E-state index is 3.66. The van der Waals surface area contributed by atoms with E-state index in [0.29, 0.717) is 0 Å². The van der Waals surface area contributed by atoms with Gasteiger partial charge >= 0.3 is 0 Å². The minimum Gasteiger partial charge on any atom is -0.314 e. The highest BCUT2D eigenvalue weighted by molar-refractivity contribution is 4.93. The summed E-state index contributed by atoms with van der Waals surface area (Å²) in [7, 11) is 0. The van der Waals surface area contributed by atoms with E-state index in [9.17, 15) is 0 Å². The minimum absolute atomic E-state index is 0.773. The van der Waals surface area contributed by atoms with Gasteiger partial charge in [0.05, 0.1) is 0 Å². The Bertz CT molecular complexity index is 167. The Morgan fingerprint density at radius 3 is 2.69 bits per heavy atom. The Kier molecular flexibility index (Phi) is 2.92. The van der Waals surface area contributed by atoms with Gasteiger partial charge in [-0.05, 0) is 56.9 Å². The van der Waals surface area contributed by atoms with Crippen LogP contribution in [0.15, 0.2) is 0 Å². The SMILES string of the molecule is CCCN[C@@H](C)[C@H]1C[C@H]2CC[C@H]1C2. The molecule has 2 bridgehead atoms. The van der Waals surface area contributed by atoms with Crippen molar-refractivity contribution in [1.82, 2.24) is 5.32 Å². The molecule has 76 valence electrons. The van der Waals surface area contributed by atoms with Gasteiger partial charge in [-0.3, -0.25) is 0 Å². The van der Waals surface area contributed by atoms with Crippen molar-refractivity contribution in [2.75, 3.05) is 6.54 Å². The highest BCUT2D eigenvalue weighted by atomic mass is 14.9. The molecular weight excluding hydrogens is 158 g/mol. The second-order valence-electron chi connectivity index (χ2n) is 5.08. The molecule has 0 aromatic heterocycles. The topological polar surface area (TPSA) is 12.0 Å². The molecule has 1 N–H and O–H groups in total. The van der Waals surface area contributed by atoms with E-state index in [4.69, 9.17) is 0 Å². The Balaban J connectivity index is 1.80. The third kappa shape index (κ3) is 1.90. The predicted octanol–water partition coefficient (Wildman–Crippen LogP) is 2.81. The van der Waals surface area contributed by atoms with E-state index in [2.05, 4.69) is 19.2 Å². The summed E-state index contributed by atoms with van der Waals surface area (Å²) >= 11 is 0. The molecule has 2 saturated carbocycles. The van der Waals surface area contributed by atoms with Crippen molar-refractivity contribution in [2.45, 2.75) is 52.0 Å². The second-order valence-corrected chi connectivity index (χ2v) is 5.08. The zero-order valence-electron chi connectivity index (χ0n) is 9.05. The first kappa shape index (κ1) is 9.51. The molecule has 0 radical (unpaired) electrons. The molecule has 13 heavy (non-hydrogen) atoms. The number of hydrogen-bond acceptors (Lipinski definition) is 1. The van der Waals surface area contributed by atoms with Crippen molar-refractivity contribution in [2.24, 2.45) is 17.8 Å². The molecule has 2 aliphatic carbocycles. The Morgan fingerprint density at radius 2 is 2.15 bits per heavy atom. The fourth-order valence-electron chi connectivity index (χ4n) is 3.43. The molecular formula is C12H23N. The van der Waals surface area contributed by atoms with Crippen LogP contribution in [0.3, 0.4) is 0 Å². The molecule has 0 spiro atoms. The smallest absolute Gasteiger partial charge is 0.00697 e. The molecule has 0 unspecified atom stereocenters. The van der Waals surface area contributed by atoms with Crippen molar-refractivity contribution < 1.29 is 0 Å². The average molecular weight is 181 g/mol. The number of rotatable bonds is 4. The number of fused-ring (bicyclic) bond motifs is 2. The zero-order chi connectivity index (χ0) is 9.26. The van der Waals surface area contributed by atoms with Gasteiger partial charge in [0.1, 0.15) is 0 Å². The lowest BCUT2D eigenvalue weighted by molar-refractivity contribution is 0.261. The van der Waals surface area contributed by atoms with Crippen LogP contribution in [0.2, 0.25) is 0 Å². The van der Waals surface area contributed by atoms with E-state index in [1.54, 1.807) is 6.42 Å². The molecule has 0 aromatic rings. The van der Waals surface area contributed by atoms with E-state index < -0.39 is 0 Å². The van der Waals surface area contributed by atoms with Crippen LogP contribution in [-0.2, 0) is 0 Å². The molecule has 2 rings (SSSR count). The third-order valence-corrected chi connectivity index (χ3v) is 4.15. The van der Waals surface area contributed by atoms with Gasteiger partial charge in [0, 0.05) is 6.04 Å². The lowest BCUT2D eigenvalue weighted by atomic mass is 9.84. The van der Waals surface area contributed by atoms with Crippen molar-refractivity contribution in [3.63, 3.8) is 0 Å². The quantitative estimate of drug-likeness (QED) is 0.703. The Labute approximate surface area is 82.3 Å². The first-order valence-electron chi connectivity index (χ1n) is 6.04. The zero-order valence-corrected chi connectivity index (χ0v) is 9.05. The molecule has 0 amide bonds. The number of hydrogen-bond donors (Lipinski definition) is 1. The van der Waals surface area contributed by atoms with Crippen LogP contribution in [-0.4, -0.2) is 12.6 Å². The van der Waals surface area contributed by atoms with Gasteiger partial charge in [0.15, 0.2) is 0 Å². The summed E-state index contributed by atoms with van der Waals surface area (Å²) in [4.78, 5) is 0. The highest BCUT2D eigenvalue weighted by Crippen LogP contribution is 2.49. The van der Waals surface area contributed by atoms with Gasteiger partial charge in [0.2, 0.25) is 0 Å². The predicted molar refractivity (Wildman–Crippen MR) is 56.7 cm³/mol. The molecule has 0 saturated heterocycles. The number of nitrogens with one attached hydrogen (secondary N) is 1. The Hall–Kier alpha value is -0.0400. The normalized spacial score (nSPS) is 39.7. The van der Waals surface area contributed by atoms with E-state index >= 15 is 0 Å². The summed E-state index contributed by atoms with van der Waals surface area (Å²) in [5.41, 5.74) is 0. The molecule has 2 aliphatic rings. The fraction of sp³-hybridized carbons (Fsp3) is 1.00. The van der Waals surface area contributed by atoms with Crippen LogP contribution in [0, 0.1) is 17.8 Å². The molecule has 1 heteroatoms. The van der Waals surface area contributed by atoms with Gasteiger partial charge in [0.25, 0.3) is 0 Å². The fourth-order valence-corrected chi connectivity index (χ4v) is 3.43. The van der Waals surface area contributed by atoms with Gasteiger partial charge < -0.3 is 5.32 Å². The molecule has 0 aliphatic heterocycles. The first-order valence-corrected chi connectivity index (χ1v) is 6.04. The van der Waals surface area contributed by atoms with Crippen LogP contribution in [0.25, 0.3) is 0 Å². The Morgan fingerprint density at radius 1 is 1.31 bits per heavy atom. The van der Waals surface area contributed by atoms with E-state index in [0.717, 1.165) is 23.8 Å². The van der Waals surface area contributed by atoms with Gasteiger partial charge in [-0.15, -0.1) is 0 Å². The van der Waals surface area contributed by atoms with Crippen molar-refractivity contribution in [3.05, 3.63) is 0 Å². The van der Waals surface area contributed by atoms with Crippen LogP contribution in [0.4, 0.5) is 0 Å². The standard InChI is InChI=1S/C12H23N/c1-3-6-13-9(2)12-8-10-4-5-11(12)7-10/h9-13H,3-8H2,1-2H3/t9-,10-,11-,12+/m0/s1. The molecule has 1 nitrogen and oxygen atoms in total. The van der Waals surface area contributed by atoms with Crippen LogP contribution in [0.1, 0.15) is 46.0 Å². The summed E-state index contributed by atoms with van der Waals surface area (Å²) in [6, 6.07) is 0.773. The van der Waals surface area contributed by atoms with Crippen molar-refractivity contribution in [1.29, 1.82) is 0 Å². The maximum absolute atomic E-state index is 3.66. The largest absolute Gasteiger partial charge is 0.314 e. The third-order valence-electron chi connectivity index (χ3n) is 4.15. The molecule has 2 fully saturated rings. The molecule has 4 atom stereocenters. The van der Waals surface area contributed by atoms with Gasteiger partial charge in [-0.25, -0.2) is 0 Å². The minimum atomic E-state index is 0.773. The van der Waals surface area contributed by atoms with Gasteiger partial charge in [-0.1, -0.05) is 13.3 Å². The summed E-state index contributed by atoms with van der Waals surface area (Å²) in [5.74, 6) is 3.18. The van der Waals surface area contributed by atoms with Crippen molar-refractivity contribution >= 4 is 0 Å². The molecule has 0 aromatic carbocycles. The lowest BCUT2D eigenvalue weighted by Gasteiger charge is -2.28. The summed E-state index contributed by atoms with van der Waals surface area (Å²) in [6.45, 7) is 5.84. The summed E-state index contributed by atoms with van der Waals surface area (Å²) in [6.07, 6.45) is 7.38. The summed E-state index contributed by atoms with van der Waals surface area (Å²) in [5, 5.41) is 3.66. The molecule has 0 heterocycles. The maximum Gasteiger partial charge on any atom is 0.00697 e. The average Bonchev–Trinajstić information content (AvgIpc) is 2.74. The monoisotopic (exact) mass is 181 g/mol. The van der Waals surface area contributed by atoms with Crippen LogP contribution < -0.4 is 5.32 Å². The van der Waals surface area contributed by atoms with E-state index in [-0.39, 0.29) is 0 Å². The second kappa shape index (κ2) is 4.00. The summed E-state index contributed by atoms with van der Waals surface area (Å²) < 4.78 is 0. The van der Waals surface area contributed by atoms with Crippen LogP contribution in [0.5, 0.6) is 0 Å².